The predicted octanol–water partition coefficient (Wildman–Crippen LogP) is 4.23. The lowest BCUT2D eigenvalue weighted by molar-refractivity contribution is 0.483. The standard InChI is InChI=1S/C20H16ClFN4O3S/c1-12-9-13(22)10-23-15(12)11-24-20-25-19-17(29-16-6-3-2-5-14(16)21)7-4-8-18(19)30(27,28)26-20/h2-10H,11H2,1H3,(H2,24,25,26). The molecule has 2 N–H and O–H groups in total. The third-order valence-corrected chi connectivity index (χ3v) is 6.04. The highest BCUT2D eigenvalue weighted by atomic mass is 35.5. The molecule has 7 nitrogen and oxygen atoms in total. The van der Waals surface area contributed by atoms with Crippen molar-refractivity contribution in [3.8, 4) is 11.5 Å². The third-order valence-electron chi connectivity index (χ3n) is 4.35. The lowest BCUT2D eigenvalue weighted by atomic mass is 10.2. The number of rotatable bonds is 4. The summed E-state index contributed by atoms with van der Waals surface area (Å²) in [5.74, 6) is 0.211. The van der Waals surface area contributed by atoms with E-state index in [1.807, 2.05) is 0 Å². The molecule has 0 fully saturated rings. The first-order valence-corrected chi connectivity index (χ1v) is 10.7. The largest absolute Gasteiger partial charge is 0.454 e. The molecule has 1 aliphatic heterocycles. The monoisotopic (exact) mass is 446 g/mol. The second-order valence-electron chi connectivity index (χ2n) is 6.47. The normalized spacial score (nSPS) is 15.8. The Morgan fingerprint density at radius 3 is 2.70 bits per heavy atom. The van der Waals surface area contributed by atoms with E-state index in [1.54, 1.807) is 43.3 Å². The molecule has 10 heteroatoms. The number of pyridine rings is 1. The highest BCUT2D eigenvalue weighted by Gasteiger charge is 2.29. The van der Waals surface area contributed by atoms with Crippen LogP contribution >= 0.6 is 11.6 Å². The third kappa shape index (κ3) is 4.07. The number of hydrogen-bond acceptors (Lipinski definition) is 5. The van der Waals surface area contributed by atoms with Gasteiger partial charge in [0.05, 0.1) is 23.5 Å². The maximum absolute atomic E-state index is 13.2. The van der Waals surface area contributed by atoms with Gasteiger partial charge in [-0.2, -0.15) is 0 Å². The molecule has 1 aliphatic rings. The molecule has 30 heavy (non-hydrogen) atoms. The van der Waals surface area contributed by atoms with Crippen LogP contribution in [-0.4, -0.2) is 19.4 Å². The fourth-order valence-electron chi connectivity index (χ4n) is 2.88. The number of aryl methyl sites for hydroxylation is 1. The van der Waals surface area contributed by atoms with Gasteiger partial charge in [-0.3, -0.25) is 4.98 Å². The Kier molecular flexibility index (Phi) is 5.31. The van der Waals surface area contributed by atoms with Gasteiger partial charge in [-0.05, 0) is 42.8 Å². The van der Waals surface area contributed by atoms with Gasteiger partial charge in [-0.1, -0.05) is 29.8 Å². The van der Waals surface area contributed by atoms with E-state index in [2.05, 4.69) is 20.0 Å². The van der Waals surface area contributed by atoms with Gasteiger partial charge in [0.15, 0.2) is 5.75 Å². The number of para-hydroxylation sites is 2. The second-order valence-corrected chi connectivity index (χ2v) is 8.53. The smallest absolute Gasteiger partial charge is 0.266 e. The van der Waals surface area contributed by atoms with Gasteiger partial charge in [0.2, 0.25) is 5.96 Å². The number of aromatic nitrogens is 1. The Labute approximate surface area is 177 Å². The van der Waals surface area contributed by atoms with Gasteiger partial charge in [-0.25, -0.2) is 22.5 Å². The average Bonchev–Trinajstić information content (AvgIpc) is 2.69. The minimum absolute atomic E-state index is 0.00299. The Balaban J connectivity index is 1.68. The summed E-state index contributed by atoms with van der Waals surface area (Å²) in [6, 6.07) is 12.8. The first-order chi connectivity index (χ1) is 14.3. The van der Waals surface area contributed by atoms with E-state index in [4.69, 9.17) is 16.3 Å². The summed E-state index contributed by atoms with van der Waals surface area (Å²) in [6.07, 6.45) is 1.09. The van der Waals surface area contributed by atoms with Crippen LogP contribution in [0.5, 0.6) is 11.5 Å². The molecule has 0 spiro atoms. The quantitative estimate of drug-likeness (QED) is 0.625. The molecule has 154 valence electrons. The van der Waals surface area contributed by atoms with E-state index in [1.165, 1.54) is 12.1 Å². The van der Waals surface area contributed by atoms with Gasteiger partial charge in [0.1, 0.15) is 22.1 Å². The first kappa shape index (κ1) is 20.1. The molecule has 2 aromatic carbocycles. The fraction of sp³-hybridized carbons (Fsp3) is 0.100. The van der Waals surface area contributed by atoms with E-state index >= 15 is 0 Å². The number of anilines is 1. The number of guanidine groups is 1. The molecule has 1 aromatic heterocycles. The Hall–Kier alpha value is -3.17. The van der Waals surface area contributed by atoms with Crippen molar-refractivity contribution in [2.45, 2.75) is 18.4 Å². The van der Waals surface area contributed by atoms with Crippen LogP contribution in [0.15, 0.2) is 64.6 Å². The van der Waals surface area contributed by atoms with Crippen LogP contribution < -0.4 is 14.8 Å². The molecular weight excluding hydrogens is 431 g/mol. The molecule has 0 radical (unpaired) electrons. The number of nitrogens with zero attached hydrogens (tertiary/aromatic N) is 2. The first-order valence-electron chi connectivity index (χ1n) is 8.84. The number of halogens is 2. The topological polar surface area (TPSA) is 92.7 Å². The zero-order valence-corrected chi connectivity index (χ0v) is 17.3. The number of ether oxygens (including phenoxy) is 1. The summed E-state index contributed by atoms with van der Waals surface area (Å²) >= 11 is 6.15. The zero-order chi connectivity index (χ0) is 21.3. The van der Waals surface area contributed by atoms with E-state index in [0.29, 0.717) is 22.0 Å². The van der Waals surface area contributed by atoms with Crippen molar-refractivity contribution in [2.75, 3.05) is 5.32 Å². The van der Waals surface area contributed by atoms with Crippen LogP contribution in [0.4, 0.5) is 10.1 Å². The van der Waals surface area contributed by atoms with Crippen molar-refractivity contribution in [2.24, 2.45) is 4.99 Å². The molecule has 0 amide bonds. The zero-order valence-electron chi connectivity index (χ0n) is 15.7. The van der Waals surface area contributed by atoms with Crippen LogP contribution in [0.2, 0.25) is 5.02 Å². The molecule has 0 atom stereocenters. The van der Waals surface area contributed by atoms with Crippen LogP contribution in [0.3, 0.4) is 0 Å². The summed E-state index contributed by atoms with van der Waals surface area (Å²) in [7, 11) is -3.87. The number of hydrogen-bond donors (Lipinski definition) is 2. The number of benzene rings is 2. The molecular formula is C20H16ClFN4O3S. The molecule has 0 bridgehead atoms. The summed E-state index contributed by atoms with van der Waals surface area (Å²) in [6.45, 7) is 1.76. The maximum Gasteiger partial charge on any atom is 0.266 e. The second kappa shape index (κ2) is 7.92. The summed E-state index contributed by atoms with van der Waals surface area (Å²) in [5.41, 5.74) is 1.37. The van der Waals surface area contributed by atoms with Crippen molar-refractivity contribution < 1.29 is 17.5 Å². The predicted molar refractivity (Wildman–Crippen MR) is 112 cm³/mol. The SMILES string of the molecule is Cc1cc(F)cnc1CN=C1Nc2c(Oc3ccccc3Cl)cccc2S(=O)(=O)N1. The van der Waals surface area contributed by atoms with Crippen molar-refractivity contribution in [1.82, 2.24) is 9.71 Å². The van der Waals surface area contributed by atoms with E-state index in [-0.39, 0.29) is 28.8 Å². The minimum Gasteiger partial charge on any atom is -0.454 e. The Morgan fingerprint density at radius 1 is 1.17 bits per heavy atom. The van der Waals surface area contributed by atoms with Crippen molar-refractivity contribution in [3.63, 3.8) is 0 Å². The molecule has 0 aliphatic carbocycles. The van der Waals surface area contributed by atoms with Crippen LogP contribution in [0, 0.1) is 12.7 Å². The molecule has 0 saturated carbocycles. The molecule has 4 rings (SSSR count). The van der Waals surface area contributed by atoms with Crippen molar-refractivity contribution >= 4 is 33.3 Å². The number of fused-ring (bicyclic) bond motifs is 1. The van der Waals surface area contributed by atoms with Gasteiger partial charge in [0, 0.05) is 0 Å². The molecule has 0 unspecified atom stereocenters. The van der Waals surface area contributed by atoms with E-state index < -0.39 is 15.8 Å². The fourth-order valence-corrected chi connectivity index (χ4v) is 4.21. The van der Waals surface area contributed by atoms with Gasteiger partial charge < -0.3 is 10.1 Å². The van der Waals surface area contributed by atoms with Crippen LogP contribution in [0.25, 0.3) is 0 Å². The van der Waals surface area contributed by atoms with Crippen molar-refractivity contribution in [1.29, 1.82) is 0 Å². The lowest BCUT2D eigenvalue weighted by Crippen LogP contribution is -2.40. The van der Waals surface area contributed by atoms with E-state index in [0.717, 1.165) is 6.20 Å². The highest BCUT2D eigenvalue weighted by molar-refractivity contribution is 7.90. The Morgan fingerprint density at radius 2 is 1.93 bits per heavy atom. The summed E-state index contributed by atoms with van der Waals surface area (Å²) < 4.78 is 46.9. The van der Waals surface area contributed by atoms with Crippen LogP contribution in [-0.2, 0) is 16.6 Å². The van der Waals surface area contributed by atoms with Crippen LogP contribution in [0.1, 0.15) is 11.3 Å². The number of nitrogens with one attached hydrogen (secondary N) is 2. The highest BCUT2D eigenvalue weighted by Crippen LogP contribution is 2.38. The van der Waals surface area contributed by atoms with E-state index in [9.17, 15) is 12.8 Å². The van der Waals surface area contributed by atoms with Gasteiger partial charge >= 0.3 is 0 Å². The van der Waals surface area contributed by atoms with Gasteiger partial charge in [0.25, 0.3) is 10.0 Å². The number of sulfonamides is 1. The lowest BCUT2D eigenvalue weighted by Gasteiger charge is -2.23. The average molecular weight is 447 g/mol. The summed E-state index contributed by atoms with van der Waals surface area (Å²) in [5, 5.41) is 3.34. The minimum atomic E-state index is -3.87. The molecule has 3 aromatic rings. The summed E-state index contributed by atoms with van der Waals surface area (Å²) in [4.78, 5) is 8.27. The Bertz CT molecular complexity index is 1260. The number of aliphatic imine (C=N–C) groups is 1. The maximum atomic E-state index is 13.2. The van der Waals surface area contributed by atoms with Crippen molar-refractivity contribution in [3.05, 3.63) is 76.8 Å². The molecule has 0 saturated heterocycles. The molecule has 2 heterocycles. The van der Waals surface area contributed by atoms with Gasteiger partial charge in [-0.15, -0.1) is 0 Å².